The number of nitrogens with two attached hydrogens (primary N) is 1. The second-order valence-electron chi connectivity index (χ2n) is 3.83. The van der Waals surface area contributed by atoms with E-state index in [1.165, 1.54) is 11.1 Å². The van der Waals surface area contributed by atoms with Gasteiger partial charge in [0.05, 0.1) is 12.9 Å². The maximum absolute atomic E-state index is 6.11. The normalized spacial score (nSPS) is 17.8. The molecule has 0 fully saturated rings. The molecule has 2 N–H and O–H groups in total. The van der Waals surface area contributed by atoms with E-state index in [0.717, 1.165) is 25.9 Å². The average Bonchev–Trinajstić information content (AvgIpc) is 2.31. The minimum Gasteiger partial charge on any atom is -0.501 e. The van der Waals surface area contributed by atoms with E-state index in [9.17, 15) is 0 Å². The summed E-state index contributed by atoms with van der Waals surface area (Å²) in [5.74, 6) is 0. The Bertz CT molecular complexity index is 335. The molecular formula is C12H16N2O. The summed E-state index contributed by atoms with van der Waals surface area (Å²) in [7, 11) is 0. The molecule has 1 atom stereocenters. The van der Waals surface area contributed by atoms with Crippen LogP contribution < -0.4 is 5.73 Å². The average molecular weight is 204 g/mol. The molecule has 15 heavy (non-hydrogen) atoms. The molecule has 0 radical (unpaired) electrons. The lowest BCUT2D eigenvalue weighted by Gasteiger charge is -2.19. The van der Waals surface area contributed by atoms with Crippen molar-refractivity contribution in [3.8, 4) is 0 Å². The van der Waals surface area contributed by atoms with Crippen molar-refractivity contribution in [2.45, 2.75) is 25.3 Å². The van der Waals surface area contributed by atoms with Crippen molar-refractivity contribution in [1.29, 1.82) is 0 Å². The molecule has 1 aromatic heterocycles. The summed E-state index contributed by atoms with van der Waals surface area (Å²) >= 11 is 0. The van der Waals surface area contributed by atoms with Gasteiger partial charge in [0.25, 0.3) is 0 Å². The van der Waals surface area contributed by atoms with E-state index in [2.05, 4.69) is 4.98 Å². The number of hydrogen-bond donors (Lipinski definition) is 1. The van der Waals surface area contributed by atoms with Gasteiger partial charge < -0.3 is 10.5 Å². The molecule has 0 aliphatic carbocycles. The lowest BCUT2D eigenvalue weighted by molar-refractivity contribution is 0.221. The molecule has 0 spiro atoms. The second-order valence-corrected chi connectivity index (χ2v) is 3.83. The molecule has 0 aromatic carbocycles. The smallest absolute Gasteiger partial charge is 0.0876 e. The van der Waals surface area contributed by atoms with Crippen LogP contribution in [-0.4, -0.2) is 17.6 Å². The number of nitrogens with zero attached hydrogens (tertiary/aromatic N) is 1. The Kier molecular flexibility index (Phi) is 3.35. The highest BCUT2D eigenvalue weighted by atomic mass is 16.5. The molecule has 0 saturated heterocycles. The first kappa shape index (κ1) is 10.2. The van der Waals surface area contributed by atoms with Crippen LogP contribution in [0.5, 0.6) is 0 Å². The van der Waals surface area contributed by atoms with Crippen LogP contribution in [0.1, 0.15) is 18.4 Å². The third kappa shape index (κ3) is 2.80. The van der Waals surface area contributed by atoms with E-state index < -0.39 is 0 Å². The molecule has 2 heterocycles. The van der Waals surface area contributed by atoms with Crippen LogP contribution in [0.2, 0.25) is 0 Å². The van der Waals surface area contributed by atoms with Gasteiger partial charge in [-0.15, -0.1) is 0 Å². The first-order valence-electron chi connectivity index (χ1n) is 5.31. The maximum Gasteiger partial charge on any atom is 0.0876 e. The molecule has 2 rings (SSSR count). The van der Waals surface area contributed by atoms with Gasteiger partial charge in [0.2, 0.25) is 0 Å². The molecule has 1 aliphatic heterocycles. The highest BCUT2D eigenvalue weighted by Crippen LogP contribution is 2.17. The number of pyridine rings is 1. The molecule has 80 valence electrons. The molecule has 1 unspecified atom stereocenters. The van der Waals surface area contributed by atoms with Gasteiger partial charge in [0, 0.05) is 18.4 Å². The van der Waals surface area contributed by atoms with Crippen molar-refractivity contribution >= 4 is 0 Å². The fourth-order valence-corrected chi connectivity index (χ4v) is 1.76. The van der Waals surface area contributed by atoms with E-state index in [0.29, 0.717) is 0 Å². The van der Waals surface area contributed by atoms with E-state index >= 15 is 0 Å². The summed E-state index contributed by atoms with van der Waals surface area (Å²) < 4.78 is 5.29. The lowest BCUT2D eigenvalue weighted by Crippen LogP contribution is -2.27. The first-order valence-corrected chi connectivity index (χ1v) is 5.31. The standard InChI is InChI=1S/C12H16N2O/c13-12(11-2-1-7-15-9-11)8-10-3-5-14-6-4-10/h3-6,9,12H,1-2,7-8,13H2. The van der Waals surface area contributed by atoms with Crippen LogP contribution >= 0.6 is 0 Å². The maximum atomic E-state index is 6.11. The predicted molar refractivity (Wildman–Crippen MR) is 59.2 cm³/mol. The van der Waals surface area contributed by atoms with Crippen LogP contribution in [0.4, 0.5) is 0 Å². The number of ether oxygens (including phenoxy) is 1. The predicted octanol–water partition coefficient (Wildman–Crippen LogP) is 1.65. The Labute approximate surface area is 90.0 Å². The van der Waals surface area contributed by atoms with Crippen molar-refractivity contribution in [2.75, 3.05) is 6.61 Å². The third-order valence-electron chi connectivity index (χ3n) is 2.64. The largest absolute Gasteiger partial charge is 0.501 e. The SMILES string of the molecule is NC(Cc1ccncc1)C1=COCCC1. The van der Waals surface area contributed by atoms with Crippen LogP contribution in [0.25, 0.3) is 0 Å². The van der Waals surface area contributed by atoms with Gasteiger partial charge in [-0.3, -0.25) is 4.98 Å². The minimum atomic E-state index is 0.0766. The van der Waals surface area contributed by atoms with E-state index in [1.54, 1.807) is 12.4 Å². The van der Waals surface area contributed by atoms with Crippen LogP contribution in [0, 0.1) is 0 Å². The van der Waals surface area contributed by atoms with Crippen LogP contribution in [-0.2, 0) is 11.2 Å². The topological polar surface area (TPSA) is 48.1 Å². The highest BCUT2D eigenvalue weighted by molar-refractivity contribution is 5.18. The molecule has 0 amide bonds. The molecule has 3 nitrogen and oxygen atoms in total. The van der Waals surface area contributed by atoms with Crippen molar-refractivity contribution in [2.24, 2.45) is 5.73 Å². The van der Waals surface area contributed by atoms with E-state index in [1.807, 2.05) is 18.4 Å². The lowest BCUT2D eigenvalue weighted by atomic mass is 9.97. The zero-order valence-electron chi connectivity index (χ0n) is 8.73. The Morgan fingerprint density at radius 1 is 1.40 bits per heavy atom. The molecule has 3 heteroatoms. The fourth-order valence-electron chi connectivity index (χ4n) is 1.76. The highest BCUT2D eigenvalue weighted by Gasteiger charge is 2.13. The van der Waals surface area contributed by atoms with E-state index in [-0.39, 0.29) is 6.04 Å². The van der Waals surface area contributed by atoms with Crippen molar-refractivity contribution in [3.63, 3.8) is 0 Å². The Morgan fingerprint density at radius 2 is 2.20 bits per heavy atom. The van der Waals surface area contributed by atoms with Gasteiger partial charge in [-0.25, -0.2) is 0 Å². The summed E-state index contributed by atoms with van der Waals surface area (Å²) in [6.45, 7) is 0.825. The monoisotopic (exact) mass is 204 g/mol. The summed E-state index contributed by atoms with van der Waals surface area (Å²) in [6.07, 6.45) is 8.43. The van der Waals surface area contributed by atoms with Crippen LogP contribution in [0.15, 0.2) is 36.4 Å². The van der Waals surface area contributed by atoms with Crippen molar-refractivity contribution in [3.05, 3.63) is 41.9 Å². The molecule has 0 bridgehead atoms. The third-order valence-corrected chi connectivity index (χ3v) is 2.64. The minimum absolute atomic E-state index is 0.0766. The zero-order valence-corrected chi connectivity index (χ0v) is 8.73. The van der Waals surface area contributed by atoms with Crippen molar-refractivity contribution in [1.82, 2.24) is 4.98 Å². The van der Waals surface area contributed by atoms with Gasteiger partial charge in [-0.05, 0) is 42.5 Å². The fraction of sp³-hybridized carbons (Fsp3) is 0.417. The number of hydrogen-bond acceptors (Lipinski definition) is 3. The van der Waals surface area contributed by atoms with Gasteiger partial charge in [-0.2, -0.15) is 0 Å². The Balaban J connectivity index is 1.97. The number of aromatic nitrogens is 1. The van der Waals surface area contributed by atoms with Gasteiger partial charge in [-0.1, -0.05) is 0 Å². The van der Waals surface area contributed by atoms with Gasteiger partial charge in [0.1, 0.15) is 0 Å². The zero-order chi connectivity index (χ0) is 10.5. The Hall–Kier alpha value is -1.35. The quantitative estimate of drug-likeness (QED) is 0.814. The molecule has 1 aromatic rings. The summed E-state index contributed by atoms with van der Waals surface area (Å²) in [5, 5.41) is 0. The molecular weight excluding hydrogens is 188 g/mol. The van der Waals surface area contributed by atoms with Gasteiger partial charge in [0.15, 0.2) is 0 Å². The summed E-state index contributed by atoms with van der Waals surface area (Å²) in [6, 6.07) is 4.08. The Morgan fingerprint density at radius 3 is 2.87 bits per heavy atom. The van der Waals surface area contributed by atoms with Crippen LogP contribution in [0.3, 0.4) is 0 Å². The summed E-state index contributed by atoms with van der Waals surface area (Å²) in [4.78, 5) is 3.99. The molecule has 1 aliphatic rings. The van der Waals surface area contributed by atoms with E-state index in [4.69, 9.17) is 10.5 Å². The van der Waals surface area contributed by atoms with Gasteiger partial charge >= 0.3 is 0 Å². The first-order chi connectivity index (χ1) is 7.36. The second kappa shape index (κ2) is 4.94. The van der Waals surface area contributed by atoms with Crippen molar-refractivity contribution < 1.29 is 4.74 Å². The molecule has 0 saturated carbocycles. The summed E-state index contributed by atoms with van der Waals surface area (Å²) in [5.41, 5.74) is 8.56. The number of rotatable bonds is 3.